The summed E-state index contributed by atoms with van der Waals surface area (Å²) in [6.07, 6.45) is 0. The van der Waals surface area contributed by atoms with Gasteiger partial charge >= 0.3 is 0 Å². The van der Waals surface area contributed by atoms with E-state index in [1.54, 1.807) is 38.5 Å². The quantitative estimate of drug-likeness (QED) is 0.716. The molecule has 0 fully saturated rings. The molecule has 0 heterocycles. The van der Waals surface area contributed by atoms with E-state index in [0.717, 1.165) is 5.75 Å². The van der Waals surface area contributed by atoms with Crippen LogP contribution in [0.15, 0.2) is 24.3 Å². The van der Waals surface area contributed by atoms with Crippen LogP contribution in [0.4, 0.5) is 0 Å². The van der Waals surface area contributed by atoms with E-state index in [1.165, 1.54) is 4.90 Å². The Kier molecular flexibility index (Phi) is 7.46. The number of aliphatic hydroxyl groups excluding tert-OH is 1. The molecule has 1 N–H and O–H groups in total. The number of rotatable bonds is 9. The van der Waals surface area contributed by atoms with E-state index >= 15 is 0 Å². The number of amides is 1. The highest BCUT2D eigenvalue weighted by molar-refractivity contribution is 5.77. The minimum absolute atomic E-state index is 0.0734. The van der Waals surface area contributed by atoms with Crippen LogP contribution < -0.4 is 9.47 Å². The van der Waals surface area contributed by atoms with E-state index in [2.05, 4.69) is 0 Å². The van der Waals surface area contributed by atoms with Crippen LogP contribution in [0.1, 0.15) is 0 Å². The van der Waals surface area contributed by atoms with E-state index in [1.807, 2.05) is 0 Å². The molecule has 0 radical (unpaired) electrons. The van der Waals surface area contributed by atoms with Gasteiger partial charge in [0, 0.05) is 20.2 Å². The Balaban J connectivity index is 2.46. The lowest BCUT2D eigenvalue weighted by Gasteiger charge is -2.21. The maximum Gasteiger partial charge on any atom is 0.260 e. The van der Waals surface area contributed by atoms with Crippen LogP contribution in [-0.4, -0.2) is 63.0 Å². The SMILES string of the molecule is COCCN(CCO)C(=O)COc1ccc(OC)cc1. The number of hydrogen-bond acceptors (Lipinski definition) is 5. The predicted octanol–water partition coefficient (Wildman–Crippen LogP) is 0.541. The van der Waals surface area contributed by atoms with Gasteiger partial charge in [0.25, 0.3) is 5.91 Å². The average molecular weight is 283 g/mol. The molecule has 0 atom stereocenters. The highest BCUT2D eigenvalue weighted by atomic mass is 16.5. The molecular weight excluding hydrogens is 262 g/mol. The molecule has 0 saturated carbocycles. The van der Waals surface area contributed by atoms with Gasteiger partial charge in [0.1, 0.15) is 11.5 Å². The van der Waals surface area contributed by atoms with Gasteiger partial charge in [0.05, 0.1) is 20.3 Å². The fourth-order valence-corrected chi connectivity index (χ4v) is 1.59. The van der Waals surface area contributed by atoms with Crippen molar-refractivity contribution in [3.8, 4) is 11.5 Å². The Morgan fingerprint density at radius 3 is 2.35 bits per heavy atom. The van der Waals surface area contributed by atoms with E-state index in [0.29, 0.717) is 18.9 Å². The Morgan fingerprint density at radius 2 is 1.80 bits per heavy atom. The fourth-order valence-electron chi connectivity index (χ4n) is 1.59. The number of benzene rings is 1. The highest BCUT2D eigenvalue weighted by Crippen LogP contribution is 2.16. The summed E-state index contributed by atoms with van der Waals surface area (Å²) in [6, 6.07) is 6.99. The first-order valence-electron chi connectivity index (χ1n) is 6.35. The van der Waals surface area contributed by atoms with Crippen LogP contribution >= 0.6 is 0 Å². The molecule has 1 aromatic carbocycles. The second-order valence-electron chi connectivity index (χ2n) is 4.06. The fraction of sp³-hybridized carbons (Fsp3) is 0.500. The van der Waals surface area contributed by atoms with Crippen LogP contribution in [0.3, 0.4) is 0 Å². The Bertz CT molecular complexity index is 393. The summed E-state index contributed by atoms with van der Waals surface area (Å²) in [6.45, 7) is 0.971. The first kappa shape index (κ1) is 16.3. The Morgan fingerprint density at radius 1 is 1.15 bits per heavy atom. The number of carbonyl (C=O) groups is 1. The molecule has 0 unspecified atom stereocenters. The average Bonchev–Trinajstić information content (AvgIpc) is 2.49. The third-order valence-electron chi connectivity index (χ3n) is 2.71. The van der Waals surface area contributed by atoms with Crippen molar-refractivity contribution >= 4 is 5.91 Å². The molecule has 0 spiro atoms. The summed E-state index contributed by atoms with van der Waals surface area (Å²) in [5.41, 5.74) is 0. The molecule has 1 rings (SSSR count). The van der Waals surface area contributed by atoms with Crippen molar-refractivity contribution in [2.24, 2.45) is 0 Å². The van der Waals surface area contributed by atoms with Crippen molar-refractivity contribution in [1.29, 1.82) is 0 Å². The summed E-state index contributed by atoms with van der Waals surface area (Å²) in [5.74, 6) is 1.13. The lowest BCUT2D eigenvalue weighted by Crippen LogP contribution is -2.39. The molecule has 6 nitrogen and oxygen atoms in total. The van der Waals surface area contributed by atoms with Gasteiger partial charge < -0.3 is 24.2 Å². The van der Waals surface area contributed by atoms with Crippen LogP contribution in [0, 0.1) is 0 Å². The van der Waals surface area contributed by atoms with E-state index in [9.17, 15) is 4.79 Å². The minimum atomic E-state index is -0.188. The number of methoxy groups -OCH3 is 2. The van der Waals surface area contributed by atoms with E-state index in [-0.39, 0.29) is 25.7 Å². The third kappa shape index (κ3) is 5.46. The van der Waals surface area contributed by atoms with Crippen molar-refractivity contribution in [1.82, 2.24) is 4.90 Å². The summed E-state index contributed by atoms with van der Waals surface area (Å²) >= 11 is 0. The smallest absolute Gasteiger partial charge is 0.260 e. The van der Waals surface area contributed by atoms with Gasteiger partial charge in [0.2, 0.25) is 0 Å². The molecule has 0 aromatic heterocycles. The van der Waals surface area contributed by atoms with Crippen LogP contribution in [0.25, 0.3) is 0 Å². The topological polar surface area (TPSA) is 68.2 Å². The van der Waals surface area contributed by atoms with Crippen LogP contribution in [-0.2, 0) is 9.53 Å². The van der Waals surface area contributed by atoms with Gasteiger partial charge in [-0.25, -0.2) is 0 Å². The Hall–Kier alpha value is -1.79. The summed E-state index contributed by atoms with van der Waals surface area (Å²) in [4.78, 5) is 13.5. The van der Waals surface area contributed by atoms with Gasteiger partial charge in [-0.1, -0.05) is 0 Å². The van der Waals surface area contributed by atoms with Crippen molar-refractivity contribution < 1.29 is 24.1 Å². The van der Waals surface area contributed by atoms with Gasteiger partial charge in [0.15, 0.2) is 6.61 Å². The molecule has 0 aliphatic heterocycles. The molecule has 0 aliphatic rings. The number of ether oxygens (including phenoxy) is 3. The highest BCUT2D eigenvalue weighted by Gasteiger charge is 2.13. The molecule has 0 saturated heterocycles. The van der Waals surface area contributed by atoms with Crippen LogP contribution in [0.5, 0.6) is 11.5 Å². The van der Waals surface area contributed by atoms with Crippen molar-refractivity contribution in [3.05, 3.63) is 24.3 Å². The molecule has 0 bridgehead atoms. The van der Waals surface area contributed by atoms with Crippen molar-refractivity contribution in [2.45, 2.75) is 0 Å². The largest absolute Gasteiger partial charge is 0.497 e. The third-order valence-corrected chi connectivity index (χ3v) is 2.71. The first-order chi connectivity index (χ1) is 9.71. The van der Waals surface area contributed by atoms with Gasteiger partial charge in [-0.2, -0.15) is 0 Å². The molecule has 1 amide bonds. The Labute approximate surface area is 118 Å². The van der Waals surface area contributed by atoms with Crippen molar-refractivity contribution in [2.75, 3.05) is 47.1 Å². The molecule has 1 aromatic rings. The van der Waals surface area contributed by atoms with Gasteiger partial charge in [-0.15, -0.1) is 0 Å². The van der Waals surface area contributed by atoms with E-state index in [4.69, 9.17) is 19.3 Å². The number of nitrogens with zero attached hydrogens (tertiary/aromatic N) is 1. The summed E-state index contributed by atoms with van der Waals surface area (Å²) < 4.78 is 15.4. The molecule has 20 heavy (non-hydrogen) atoms. The second-order valence-corrected chi connectivity index (χ2v) is 4.06. The van der Waals surface area contributed by atoms with Crippen molar-refractivity contribution in [3.63, 3.8) is 0 Å². The van der Waals surface area contributed by atoms with Crippen LogP contribution in [0.2, 0.25) is 0 Å². The number of carbonyl (C=O) groups excluding carboxylic acids is 1. The maximum atomic E-state index is 11.9. The number of hydrogen-bond donors (Lipinski definition) is 1. The zero-order chi connectivity index (χ0) is 14.8. The van der Waals surface area contributed by atoms with Gasteiger partial charge in [-0.3, -0.25) is 4.79 Å². The van der Waals surface area contributed by atoms with Gasteiger partial charge in [-0.05, 0) is 24.3 Å². The molecule has 0 aliphatic carbocycles. The normalized spacial score (nSPS) is 10.2. The second kappa shape index (κ2) is 9.17. The molecule has 6 heteroatoms. The maximum absolute atomic E-state index is 11.9. The first-order valence-corrected chi connectivity index (χ1v) is 6.35. The lowest BCUT2D eigenvalue weighted by atomic mass is 10.3. The monoisotopic (exact) mass is 283 g/mol. The minimum Gasteiger partial charge on any atom is -0.497 e. The van der Waals surface area contributed by atoms with E-state index < -0.39 is 0 Å². The molecule has 112 valence electrons. The zero-order valence-electron chi connectivity index (χ0n) is 11.9. The predicted molar refractivity (Wildman–Crippen MR) is 74.0 cm³/mol. The number of aliphatic hydroxyl groups is 1. The zero-order valence-corrected chi connectivity index (χ0v) is 11.9. The standard InChI is InChI=1S/C14H21NO5/c1-18-10-8-15(7-9-16)14(17)11-20-13-5-3-12(19-2)4-6-13/h3-6,16H,7-11H2,1-2H3. The summed E-state index contributed by atoms with van der Waals surface area (Å²) in [5, 5.41) is 8.94. The molecular formula is C14H21NO5. The summed E-state index contributed by atoms with van der Waals surface area (Å²) in [7, 11) is 3.15. The lowest BCUT2D eigenvalue weighted by molar-refractivity contribution is -0.134.